The summed E-state index contributed by atoms with van der Waals surface area (Å²) in [6, 6.07) is 2.31. The Bertz CT molecular complexity index is 457. The predicted octanol–water partition coefficient (Wildman–Crippen LogP) is 3.73. The van der Waals surface area contributed by atoms with Crippen molar-refractivity contribution in [3.05, 3.63) is 33.8 Å². The zero-order chi connectivity index (χ0) is 13.1. The molecule has 2 nitrogen and oxygen atoms in total. The Morgan fingerprint density at radius 1 is 1.33 bits per heavy atom. The normalized spacial score (nSPS) is 16.8. The highest BCUT2D eigenvalue weighted by molar-refractivity contribution is 9.10. The lowest BCUT2D eigenvalue weighted by Crippen LogP contribution is -2.19. The molecule has 0 amide bonds. The molecule has 1 aromatic carbocycles. The fourth-order valence-corrected chi connectivity index (χ4v) is 2.61. The maximum Gasteiger partial charge on any atom is 0.173 e. The molecule has 0 saturated carbocycles. The number of rotatable bonds is 3. The lowest BCUT2D eigenvalue weighted by molar-refractivity contribution is 0.0600. The van der Waals surface area contributed by atoms with Gasteiger partial charge in [0, 0.05) is 25.2 Å². The van der Waals surface area contributed by atoms with Gasteiger partial charge in [0.05, 0.1) is 4.47 Å². The Balaban J connectivity index is 2.11. The molecule has 0 spiro atoms. The highest BCUT2D eigenvalue weighted by atomic mass is 79.9. The number of benzene rings is 1. The lowest BCUT2D eigenvalue weighted by Gasteiger charge is -2.21. The van der Waals surface area contributed by atoms with Gasteiger partial charge in [-0.25, -0.2) is 8.78 Å². The van der Waals surface area contributed by atoms with Crippen LogP contribution >= 0.6 is 15.9 Å². The highest BCUT2D eigenvalue weighted by Gasteiger charge is 2.21. The second-order valence-electron chi connectivity index (χ2n) is 4.41. The molecule has 0 unspecified atom stereocenters. The van der Waals surface area contributed by atoms with Crippen molar-refractivity contribution in [2.24, 2.45) is 5.92 Å². The number of halogens is 3. The van der Waals surface area contributed by atoms with Gasteiger partial charge in [-0.15, -0.1) is 0 Å². The maximum atomic E-state index is 13.3. The van der Waals surface area contributed by atoms with Crippen LogP contribution in [0.25, 0.3) is 0 Å². The zero-order valence-electron chi connectivity index (χ0n) is 9.72. The Kier molecular flexibility index (Phi) is 4.45. The fourth-order valence-electron chi connectivity index (χ4n) is 2.06. The van der Waals surface area contributed by atoms with E-state index in [1.54, 1.807) is 0 Å². The monoisotopic (exact) mass is 318 g/mol. The van der Waals surface area contributed by atoms with Crippen LogP contribution in [0, 0.1) is 17.6 Å². The number of ketones is 1. The average Bonchev–Trinajstić information content (AvgIpc) is 2.37. The van der Waals surface area contributed by atoms with E-state index in [1.807, 2.05) is 0 Å². The van der Waals surface area contributed by atoms with Crippen LogP contribution in [0.2, 0.25) is 0 Å². The van der Waals surface area contributed by atoms with E-state index in [9.17, 15) is 13.6 Å². The van der Waals surface area contributed by atoms with Crippen molar-refractivity contribution in [3.8, 4) is 0 Å². The molecular weight excluding hydrogens is 306 g/mol. The summed E-state index contributed by atoms with van der Waals surface area (Å²) in [5, 5.41) is 0. The Hall–Kier alpha value is -0.810. The van der Waals surface area contributed by atoms with E-state index in [0.717, 1.165) is 18.9 Å². The van der Waals surface area contributed by atoms with Crippen LogP contribution in [0.5, 0.6) is 0 Å². The van der Waals surface area contributed by atoms with E-state index >= 15 is 0 Å². The predicted molar refractivity (Wildman–Crippen MR) is 66.5 cm³/mol. The minimum Gasteiger partial charge on any atom is -0.381 e. The molecule has 1 fully saturated rings. The molecule has 18 heavy (non-hydrogen) atoms. The molecule has 0 bridgehead atoms. The van der Waals surface area contributed by atoms with Gasteiger partial charge in [-0.05, 0) is 46.8 Å². The largest absolute Gasteiger partial charge is 0.381 e. The molecule has 1 saturated heterocycles. The molecule has 1 aliphatic rings. The van der Waals surface area contributed by atoms with Crippen LogP contribution in [0.3, 0.4) is 0 Å². The van der Waals surface area contributed by atoms with Crippen molar-refractivity contribution in [2.75, 3.05) is 13.2 Å². The summed E-state index contributed by atoms with van der Waals surface area (Å²) < 4.78 is 31.4. The van der Waals surface area contributed by atoms with Gasteiger partial charge in [0.1, 0.15) is 0 Å². The van der Waals surface area contributed by atoms with E-state index in [4.69, 9.17) is 4.74 Å². The second-order valence-corrected chi connectivity index (χ2v) is 5.20. The van der Waals surface area contributed by atoms with Crippen molar-refractivity contribution in [1.29, 1.82) is 0 Å². The first-order valence-electron chi connectivity index (χ1n) is 5.84. The van der Waals surface area contributed by atoms with Crippen molar-refractivity contribution in [1.82, 2.24) is 0 Å². The molecule has 1 aliphatic heterocycles. The van der Waals surface area contributed by atoms with Crippen LogP contribution in [-0.2, 0) is 4.74 Å². The van der Waals surface area contributed by atoms with Crippen LogP contribution < -0.4 is 0 Å². The second kappa shape index (κ2) is 5.89. The summed E-state index contributed by atoms with van der Waals surface area (Å²) >= 11 is 2.94. The Morgan fingerprint density at radius 2 is 2.00 bits per heavy atom. The standard InChI is InChI=1S/C13H13BrF2O2/c14-12-9(1-2-10(15)13(12)16)11(17)7-8-3-5-18-6-4-8/h1-2,8H,3-7H2. The van der Waals surface area contributed by atoms with Gasteiger partial charge in [0.2, 0.25) is 0 Å². The van der Waals surface area contributed by atoms with Crippen LogP contribution in [0.1, 0.15) is 29.6 Å². The van der Waals surface area contributed by atoms with Gasteiger partial charge in [-0.1, -0.05) is 0 Å². The minimum atomic E-state index is -1.01. The SMILES string of the molecule is O=C(CC1CCOCC1)c1ccc(F)c(F)c1Br. The molecule has 5 heteroatoms. The highest BCUT2D eigenvalue weighted by Crippen LogP contribution is 2.27. The average molecular weight is 319 g/mol. The van der Waals surface area contributed by atoms with Crippen LogP contribution in [-0.4, -0.2) is 19.0 Å². The van der Waals surface area contributed by atoms with Crippen molar-refractivity contribution >= 4 is 21.7 Å². The smallest absolute Gasteiger partial charge is 0.173 e. The van der Waals surface area contributed by atoms with E-state index in [-0.39, 0.29) is 21.7 Å². The number of carbonyl (C=O) groups excluding carboxylic acids is 1. The van der Waals surface area contributed by atoms with Crippen LogP contribution in [0.15, 0.2) is 16.6 Å². The molecule has 0 aliphatic carbocycles. The van der Waals surface area contributed by atoms with E-state index in [1.165, 1.54) is 6.07 Å². The minimum absolute atomic E-state index is 0.0837. The first-order chi connectivity index (χ1) is 8.59. The molecule has 0 N–H and O–H groups in total. The number of hydrogen-bond donors (Lipinski definition) is 0. The first-order valence-corrected chi connectivity index (χ1v) is 6.63. The molecule has 0 radical (unpaired) electrons. The quantitative estimate of drug-likeness (QED) is 0.627. The number of Topliss-reactive ketones (excluding diaryl/α,β-unsaturated/α-hetero) is 1. The van der Waals surface area contributed by atoms with Crippen molar-refractivity contribution < 1.29 is 18.3 Å². The van der Waals surface area contributed by atoms with E-state index in [0.29, 0.717) is 19.6 Å². The molecule has 0 aromatic heterocycles. The van der Waals surface area contributed by atoms with E-state index in [2.05, 4.69) is 15.9 Å². The summed E-state index contributed by atoms with van der Waals surface area (Å²) in [6.45, 7) is 1.33. The van der Waals surface area contributed by atoms with Gasteiger partial charge in [0.25, 0.3) is 0 Å². The van der Waals surface area contributed by atoms with Crippen molar-refractivity contribution in [3.63, 3.8) is 0 Å². The van der Waals surface area contributed by atoms with E-state index < -0.39 is 11.6 Å². The summed E-state index contributed by atoms with van der Waals surface area (Å²) in [5.41, 5.74) is 0.209. The molecule has 98 valence electrons. The van der Waals surface area contributed by atoms with Gasteiger partial charge >= 0.3 is 0 Å². The summed E-state index contributed by atoms with van der Waals surface area (Å²) in [4.78, 5) is 12.0. The first kappa shape index (κ1) is 13.6. The van der Waals surface area contributed by atoms with Gasteiger partial charge in [0.15, 0.2) is 17.4 Å². The Labute approximate surface area is 112 Å². The number of ether oxygens (including phenoxy) is 1. The van der Waals surface area contributed by atoms with Crippen LogP contribution in [0.4, 0.5) is 8.78 Å². The van der Waals surface area contributed by atoms with Gasteiger partial charge in [-0.2, -0.15) is 0 Å². The van der Waals surface area contributed by atoms with Crippen molar-refractivity contribution in [2.45, 2.75) is 19.3 Å². The molecular formula is C13H13BrF2O2. The maximum absolute atomic E-state index is 13.3. The molecule has 1 heterocycles. The third-order valence-electron chi connectivity index (χ3n) is 3.15. The zero-order valence-corrected chi connectivity index (χ0v) is 11.3. The van der Waals surface area contributed by atoms with Gasteiger partial charge in [-0.3, -0.25) is 4.79 Å². The summed E-state index contributed by atoms with van der Waals surface area (Å²) in [6.07, 6.45) is 2.03. The van der Waals surface area contributed by atoms with Gasteiger partial charge < -0.3 is 4.74 Å². The third kappa shape index (κ3) is 2.95. The molecule has 2 rings (SSSR count). The molecule has 1 aromatic rings. The topological polar surface area (TPSA) is 26.3 Å². The Morgan fingerprint density at radius 3 is 2.67 bits per heavy atom. The third-order valence-corrected chi connectivity index (χ3v) is 3.93. The summed E-state index contributed by atoms with van der Waals surface area (Å²) in [5.74, 6) is -1.85. The fraction of sp³-hybridized carbons (Fsp3) is 0.462. The summed E-state index contributed by atoms with van der Waals surface area (Å²) in [7, 11) is 0. The lowest BCUT2D eigenvalue weighted by atomic mass is 9.92. The molecule has 0 atom stereocenters. The number of hydrogen-bond acceptors (Lipinski definition) is 2. The number of carbonyl (C=O) groups is 1.